The zero-order valence-electron chi connectivity index (χ0n) is 13.0. The first-order chi connectivity index (χ1) is 11.0. The maximum absolute atomic E-state index is 12.3. The van der Waals surface area contributed by atoms with Crippen molar-refractivity contribution >= 4 is 11.6 Å². The van der Waals surface area contributed by atoms with E-state index in [1.54, 1.807) is 12.1 Å². The number of carbonyl (C=O) groups excluding carboxylic acids is 1. The van der Waals surface area contributed by atoms with Crippen LogP contribution in [0.2, 0.25) is 0 Å². The highest BCUT2D eigenvalue weighted by Gasteiger charge is 2.16. The van der Waals surface area contributed by atoms with Crippen LogP contribution in [0.25, 0.3) is 11.4 Å². The second-order valence-corrected chi connectivity index (χ2v) is 5.49. The molecule has 0 radical (unpaired) electrons. The van der Waals surface area contributed by atoms with Gasteiger partial charge in [-0.1, -0.05) is 31.1 Å². The van der Waals surface area contributed by atoms with E-state index in [1.807, 2.05) is 32.9 Å². The number of benzene rings is 1. The molecule has 8 heteroatoms. The lowest BCUT2D eigenvalue weighted by atomic mass is 10.1. The predicted molar refractivity (Wildman–Crippen MR) is 82.9 cm³/mol. The quantitative estimate of drug-likeness (QED) is 0.766. The lowest BCUT2D eigenvalue weighted by Gasteiger charge is -2.08. The Morgan fingerprint density at radius 3 is 2.78 bits per heavy atom. The molecule has 2 aromatic heterocycles. The molecule has 0 saturated carbocycles. The zero-order valence-corrected chi connectivity index (χ0v) is 13.0. The number of nitrogens with zero attached hydrogens (tertiary/aromatic N) is 4. The summed E-state index contributed by atoms with van der Waals surface area (Å²) in [5.74, 6) is 0.984. The minimum atomic E-state index is -0.325. The Morgan fingerprint density at radius 2 is 2.13 bits per heavy atom. The molecular weight excluding hydrogens is 296 g/mol. The fourth-order valence-corrected chi connectivity index (χ4v) is 2.03. The largest absolute Gasteiger partial charge is 0.360 e. The monoisotopic (exact) mass is 312 g/mol. The van der Waals surface area contributed by atoms with E-state index in [2.05, 4.69) is 31.1 Å². The molecule has 3 aromatic rings. The fraction of sp³-hybridized carbons (Fsp3) is 0.267. The maximum atomic E-state index is 12.3. The highest BCUT2D eigenvalue weighted by molar-refractivity contribution is 6.03. The van der Waals surface area contributed by atoms with Crippen LogP contribution in [-0.4, -0.2) is 31.7 Å². The molecule has 0 atom stereocenters. The third-order valence-corrected chi connectivity index (χ3v) is 3.42. The number of aryl methyl sites for hydroxylation is 1. The number of tetrazole rings is 1. The highest BCUT2D eigenvalue weighted by Crippen LogP contribution is 2.23. The van der Waals surface area contributed by atoms with Crippen molar-refractivity contribution in [2.45, 2.75) is 26.7 Å². The van der Waals surface area contributed by atoms with E-state index in [9.17, 15) is 4.79 Å². The van der Waals surface area contributed by atoms with Crippen LogP contribution < -0.4 is 5.32 Å². The molecule has 0 aliphatic heterocycles. The van der Waals surface area contributed by atoms with E-state index in [-0.39, 0.29) is 17.5 Å². The summed E-state index contributed by atoms with van der Waals surface area (Å²) in [5.41, 5.74) is 2.57. The van der Waals surface area contributed by atoms with E-state index in [0.717, 1.165) is 11.1 Å². The molecule has 1 amide bonds. The van der Waals surface area contributed by atoms with Crippen LogP contribution in [0.15, 0.2) is 28.8 Å². The standard InChI is InChI=1S/C15H16N6O2/c1-8(2)13-7-12(19-23-13)15(22)16-11-6-10(5-4-9(11)3)14-17-20-21-18-14/h4-8H,1-3H3,(H,16,22)(H,17,18,20,21). The molecule has 0 aliphatic carbocycles. The molecular formula is C15H16N6O2. The van der Waals surface area contributed by atoms with E-state index >= 15 is 0 Å². The number of hydrogen-bond acceptors (Lipinski definition) is 6. The van der Waals surface area contributed by atoms with Gasteiger partial charge in [-0.25, -0.2) is 0 Å². The van der Waals surface area contributed by atoms with Crippen molar-refractivity contribution in [1.29, 1.82) is 0 Å². The molecule has 2 N–H and O–H groups in total. The van der Waals surface area contributed by atoms with Crippen molar-refractivity contribution in [3.8, 4) is 11.4 Å². The average Bonchev–Trinajstić information content (AvgIpc) is 3.21. The van der Waals surface area contributed by atoms with Gasteiger partial charge < -0.3 is 9.84 Å². The van der Waals surface area contributed by atoms with Gasteiger partial charge in [0.05, 0.1) is 0 Å². The molecule has 0 fully saturated rings. The van der Waals surface area contributed by atoms with Gasteiger partial charge in [0, 0.05) is 23.2 Å². The molecule has 8 nitrogen and oxygen atoms in total. The summed E-state index contributed by atoms with van der Waals surface area (Å²) >= 11 is 0. The van der Waals surface area contributed by atoms with Gasteiger partial charge in [0.15, 0.2) is 5.69 Å². The van der Waals surface area contributed by atoms with Crippen LogP contribution in [0.5, 0.6) is 0 Å². The van der Waals surface area contributed by atoms with Crippen molar-refractivity contribution in [3.63, 3.8) is 0 Å². The first-order valence-corrected chi connectivity index (χ1v) is 7.17. The van der Waals surface area contributed by atoms with Gasteiger partial charge in [0.2, 0.25) is 5.82 Å². The van der Waals surface area contributed by atoms with Crippen molar-refractivity contribution < 1.29 is 9.32 Å². The molecule has 2 heterocycles. The molecule has 3 rings (SSSR count). The second kappa shape index (κ2) is 5.99. The normalized spacial score (nSPS) is 11.0. The Kier molecular flexibility index (Phi) is 3.88. The van der Waals surface area contributed by atoms with Crippen LogP contribution in [0.1, 0.15) is 41.6 Å². The van der Waals surface area contributed by atoms with Gasteiger partial charge in [0.25, 0.3) is 5.91 Å². The zero-order chi connectivity index (χ0) is 16.4. The van der Waals surface area contributed by atoms with E-state index < -0.39 is 0 Å². The van der Waals surface area contributed by atoms with Crippen molar-refractivity contribution in [1.82, 2.24) is 25.8 Å². The van der Waals surface area contributed by atoms with Crippen LogP contribution in [0.4, 0.5) is 5.69 Å². The van der Waals surface area contributed by atoms with E-state index in [4.69, 9.17) is 4.52 Å². The summed E-state index contributed by atoms with van der Waals surface area (Å²) in [7, 11) is 0. The van der Waals surface area contributed by atoms with E-state index in [0.29, 0.717) is 17.3 Å². The number of nitrogens with one attached hydrogen (secondary N) is 2. The number of H-pyrrole nitrogens is 1. The summed E-state index contributed by atoms with van der Waals surface area (Å²) in [6.07, 6.45) is 0. The molecule has 118 valence electrons. The lowest BCUT2D eigenvalue weighted by Crippen LogP contribution is -2.13. The first-order valence-electron chi connectivity index (χ1n) is 7.17. The van der Waals surface area contributed by atoms with Gasteiger partial charge in [-0.2, -0.15) is 5.21 Å². The fourth-order valence-electron chi connectivity index (χ4n) is 2.03. The van der Waals surface area contributed by atoms with Crippen molar-refractivity contribution in [3.05, 3.63) is 41.3 Å². The smallest absolute Gasteiger partial charge is 0.277 e. The number of amides is 1. The SMILES string of the molecule is Cc1ccc(-c2nn[nH]n2)cc1NC(=O)c1cc(C(C)C)on1. The Bertz CT molecular complexity index is 822. The van der Waals surface area contributed by atoms with Crippen LogP contribution in [0, 0.1) is 6.92 Å². The number of aromatic nitrogens is 5. The third-order valence-electron chi connectivity index (χ3n) is 3.42. The number of carbonyl (C=O) groups is 1. The molecule has 0 saturated heterocycles. The summed E-state index contributed by atoms with van der Waals surface area (Å²) in [6, 6.07) is 7.19. The summed E-state index contributed by atoms with van der Waals surface area (Å²) in [6.45, 7) is 5.85. The molecule has 0 aliphatic rings. The Morgan fingerprint density at radius 1 is 1.30 bits per heavy atom. The van der Waals surface area contributed by atoms with Gasteiger partial charge in [-0.3, -0.25) is 4.79 Å². The Hall–Kier alpha value is -3.03. The van der Waals surface area contributed by atoms with Gasteiger partial charge in [0.1, 0.15) is 5.76 Å². The Labute approximate surface area is 132 Å². The second-order valence-electron chi connectivity index (χ2n) is 5.49. The lowest BCUT2D eigenvalue weighted by molar-refractivity contribution is 0.101. The van der Waals surface area contributed by atoms with Crippen LogP contribution >= 0.6 is 0 Å². The van der Waals surface area contributed by atoms with Crippen LogP contribution in [0.3, 0.4) is 0 Å². The molecule has 1 aromatic carbocycles. The van der Waals surface area contributed by atoms with Gasteiger partial charge in [-0.05, 0) is 23.8 Å². The highest BCUT2D eigenvalue weighted by atomic mass is 16.5. The van der Waals surface area contributed by atoms with Crippen molar-refractivity contribution in [2.24, 2.45) is 0 Å². The molecule has 0 unspecified atom stereocenters. The minimum absolute atomic E-state index is 0.173. The number of anilines is 1. The predicted octanol–water partition coefficient (Wildman–Crippen LogP) is 2.54. The molecule has 0 bridgehead atoms. The number of hydrogen-bond donors (Lipinski definition) is 2. The van der Waals surface area contributed by atoms with E-state index in [1.165, 1.54) is 0 Å². The maximum Gasteiger partial charge on any atom is 0.277 e. The summed E-state index contributed by atoms with van der Waals surface area (Å²) in [5, 5.41) is 20.4. The third kappa shape index (κ3) is 3.10. The summed E-state index contributed by atoms with van der Waals surface area (Å²) in [4.78, 5) is 12.3. The first kappa shape index (κ1) is 14.9. The van der Waals surface area contributed by atoms with Crippen LogP contribution in [-0.2, 0) is 0 Å². The minimum Gasteiger partial charge on any atom is -0.360 e. The number of aromatic amines is 1. The Balaban J connectivity index is 1.84. The topological polar surface area (TPSA) is 110 Å². The average molecular weight is 312 g/mol. The summed E-state index contributed by atoms with van der Waals surface area (Å²) < 4.78 is 5.15. The van der Waals surface area contributed by atoms with Crippen molar-refractivity contribution in [2.75, 3.05) is 5.32 Å². The number of rotatable bonds is 4. The molecule has 0 spiro atoms. The molecule has 23 heavy (non-hydrogen) atoms. The van der Waals surface area contributed by atoms with Gasteiger partial charge in [-0.15, -0.1) is 10.2 Å². The van der Waals surface area contributed by atoms with Gasteiger partial charge >= 0.3 is 0 Å².